The van der Waals surface area contributed by atoms with Gasteiger partial charge in [-0.05, 0) is 43.0 Å². The molecule has 0 saturated carbocycles. The van der Waals surface area contributed by atoms with Gasteiger partial charge in [0.25, 0.3) is 5.91 Å². The number of aromatic nitrogens is 4. The average molecular weight is 528 g/mol. The van der Waals surface area contributed by atoms with Crippen molar-refractivity contribution in [1.82, 2.24) is 19.4 Å². The molecule has 4 heterocycles. The molecular formula is C29H33N7O3. The van der Waals surface area contributed by atoms with Crippen LogP contribution in [0.1, 0.15) is 36.5 Å². The van der Waals surface area contributed by atoms with Crippen LogP contribution in [0.25, 0.3) is 16.8 Å². The molecule has 4 aromatic rings. The van der Waals surface area contributed by atoms with Crippen LogP contribution >= 0.6 is 0 Å². The van der Waals surface area contributed by atoms with E-state index in [0.29, 0.717) is 48.0 Å². The molecule has 0 radical (unpaired) electrons. The number of benzene rings is 1. The molecule has 39 heavy (non-hydrogen) atoms. The van der Waals surface area contributed by atoms with Gasteiger partial charge in [-0.3, -0.25) is 14.0 Å². The summed E-state index contributed by atoms with van der Waals surface area (Å²) < 4.78 is 7.16. The van der Waals surface area contributed by atoms with Gasteiger partial charge in [-0.1, -0.05) is 25.1 Å². The summed E-state index contributed by atoms with van der Waals surface area (Å²) in [5, 5.41) is 2.79. The smallest absolute Gasteiger partial charge is 0.256 e. The first kappa shape index (κ1) is 26.3. The molecular weight excluding hydrogens is 494 g/mol. The number of pyridine rings is 1. The first-order valence-electron chi connectivity index (χ1n) is 13.2. The highest BCUT2D eigenvalue weighted by Crippen LogP contribution is 2.33. The summed E-state index contributed by atoms with van der Waals surface area (Å²) in [5.74, 6) is 1.74. The SMILES string of the molecule is COC[C@H](C)CC(=O)C1CCCN(c2nc(-c3ccc(C(=O)Nc4ccccn4)cc3)c3c(N)nccn23)C1. The molecule has 1 aliphatic heterocycles. The fraction of sp³-hybridized carbons (Fsp3) is 0.345. The monoisotopic (exact) mass is 527 g/mol. The number of imidazole rings is 1. The number of amides is 1. The number of nitrogens with zero attached hydrogens (tertiary/aromatic N) is 5. The minimum Gasteiger partial charge on any atom is -0.384 e. The highest BCUT2D eigenvalue weighted by Gasteiger charge is 2.29. The summed E-state index contributed by atoms with van der Waals surface area (Å²) in [4.78, 5) is 41.3. The minimum absolute atomic E-state index is 0.0510. The van der Waals surface area contributed by atoms with Crippen molar-refractivity contribution in [3.63, 3.8) is 0 Å². The van der Waals surface area contributed by atoms with Crippen LogP contribution in [0.5, 0.6) is 0 Å². The highest BCUT2D eigenvalue weighted by atomic mass is 16.5. The first-order chi connectivity index (χ1) is 18.9. The molecule has 0 aliphatic carbocycles. The zero-order valence-corrected chi connectivity index (χ0v) is 22.2. The minimum atomic E-state index is -0.249. The molecule has 202 valence electrons. The van der Waals surface area contributed by atoms with E-state index in [-0.39, 0.29) is 23.5 Å². The molecule has 0 spiro atoms. The van der Waals surface area contributed by atoms with Gasteiger partial charge >= 0.3 is 0 Å². The summed E-state index contributed by atoms with van der Waals surface area (Å²) >= 11 is 0. The number of nitrogen functional groups attached to an aromatic ring is 1. The van der Waals surface area contributed by atoms with E-state index in [2.05, 4.69) is 20.2 Å². The van der Waals surface area contributed by atoms with E-state index in [1.807, 2.05) is 35.7 Å². The first-order valence-corrected chi connectivity index (χ1v) is 13.2. The Morgan fingerprint density at radius 2 is 1.97 bits per heavy atom. The van der Waals surface area contributed by atoms with Gasteiger partial charge in [0.2, 0.25) is 5.95 Å². The summed E-state index contributed by atoms with van der Waals surface area (Å²) in [6, 6.07) is 12.6. The third-order valence-corrected chi connectivity index (χ3v) is 7.05. The van der Waals surface area contributed by atoms with Crippen molar-refractivity contribution in [3.05, 3.63) is 66.6 Å². The Kier molecular flexibility index (Phi) is 7.83. The number of methoxy groups -OCH3 is 1. The predicted molar refractivity (Wildman–Crippen MR) is 151 cm³/mol. The Bertz CT molecular complexity index is 1450. The lowest BCUT2D eigenvalue weighted by molar-refractivity contribution is -0.124. The van der Waals surface area contributed by atoms with Crippen molar-refractivity contribution in [1.29, 1.82) is 0 Å². The normalized spacial score (nSPS) is 16.3. The lowest BCUT2D eigenvalue weighted by Crippen LogP contribution is -2.40. The van der Waals surface area contributed by atoms with Gasteiger partial charge in [0.1, 0.15) is 28.6 Å². The number of nitrogens with two attached hydrogens (primary N) is 1. The van der Waals surface area contributed by atoms with E-state index in [1.54, 1.807) is 43.8 Å². The van der Waals surface area contributed by atoms with Gasteiger partial charge in [-0.15, -0.1) is 0 Å². The average Bonchev–Trinajstić information content (AvgIpc) is 3.35. The van der Waals surface area contributed by atoms with Gasteiger partial charge < -0.3 is 20.7 Å². The maximum absolute atomic E-state index is 13.0. The second-order valence-corrected chi connectivity index (χ2v) is 10.1. The molecule has 10 heteroatoms. The number of ketones is 1. The quantitative estimate of drug-likeness (QED) is 0.333. The molecule has 0 bridgehead atoms. The number of piperidine rings is 1. The van der Waals surface area contributed by atoms with Crippen molar-refractivity contribution in [3.8, 4) is 11.3 Å². The summed E-state index contributed by atoms with van der Waals surface area (Å²) in [5.41, 5.74) is 9.01. The van der Waals surface area contributed by atoms with Crippen molar-refractivity contribution in [2.75, 3.05) is 42.8 Å². The van der Waals surface area contributed by atoms with Crippen LogP contribution in [0.4, 0.5) is 17.6 Å². The molecule has 1 aromatic carbocycles. The van der Waals surface area contributed by atoms with Crippen LogP contribution < -0.4 is 16.0 Å². The Morgan fingerprint density at radius 1 is 1.15 bits per heavy atom. The van der Waals surface area contributed by atoms with Crippen molar-refractivity contribution in [2.24, 2.45) is 11.8 Å². The van der Waals surface area contributed by atoms with Crippen LogP contribution in [0.15, 0.2) is 61.1 Å². The van der Waals surface area contributed by atoms with E-state index < -0.39 is 0 Å². The molecule has 10 nitrogen and oxygen atoms in total. The van der Waals surface area contributed by atoms with Gasteiger partial charge in [-0.25, -0.2) is 15.0 Å². The maximum atomic E-state index is 13.0. The number of nitrogens with one attached hydrogen (secondary N) is 1. The Balaban J connectivity index is 1.40. The highest BCUT2D eigenvalue weighted by molar-refractivity contribution is 6.04. The fourth-order valence-corrected chi connectivity index (χ4v) is 5.15. The number of hydrogen-bond acceptors (Lipinski definition) is 8. The predicted octanol–water partition coefficient (Wildman–Crippen LogP) is 4.08. The third kappa shape index (κ3) is 5.75. The summed E-state index contributed by atoms with van der Waals surface area (Å²) in [7, 11) is 1.66. The molecule has 1 amide bonds. The number of fused-ring (bicyclic) bond motifs is 1. The molecule has 3 N–H and O–H groups in total. The lowest BCUT2D eigenvalue weighted by atomic mass is 9.89. The fourth-order valence-electron chi connectivity index (χ4n) is 5.15. The molecule has 2 atom stereocenters. The summed E-state index contributed by atoms with van der Waals surface area (Å²) in [6.07, 6.45) is 7.41. The van der Waals surface area contributed by atoms with Crippen LogP contribution in [-0.2, 0) is 9.53 Å². The molecule has 1 aliphatic rings. The lowest BCUT2D eigenvalue weighted by Gasteiger charge is -2.32. The molecule has 5 rings (SSSR count). The molecule has 1 unspecified atom stereocenters. The number of carbonyl (C=O) groups is 2. The van der Waals surface area contributed by atoms with E-state index in [1.165, 1.54) is 0 Å². The number of anilines is 3. The van der Waals surface area contributed by atoms with E-state index in [4.69, 9.17) is 15.5 Å². The Labute approximate surface area is 227 Å². The van der Waals surface area contributed by atoms with Gasteiger partial charge in [0, 0.05) is 68.9 Å². The number of hydrogen-bond donors (Lipinski definition) is 2. The van der Waals surface area contributed by atoms with Crippen molar-refractivity contribution in [2.45, 2.75) is 26.2 Å². The largest absolute Gasteiger partial charge is 0.384 e. The standard InChI is InChI=1S/C29H33N7O3/c1-19(18-39-2)16-23(37)22-6-5-14-35(17-22)29-34-25(26-27(30)32-13-15-36(26)29)20-8-10-21(11-9-20)28(38)33-24-7-3-4-12-31-24/h3-4,7-13,15,19,22H,5-6,14,16-18H2,1-2H3,(H2,30,32)(H,31,33,38)/t19-,22?/m1/s1. The van der Waals surface area contributed by atoms with Crippen molar-refractivity contribution < 1.29 is 14.3 Å². The Morgan fingerprint density at radius 3 is 2.72 bits per heavy atom. The van der Waals surface area contributed by atoms with Crippen LogP contribution in [-0.4, -0.2) is 57.8 Å². The topological polar surface area (TPSA) is 128 Å². The van der Waals surface area contributed by atoms with Gasteiger partial charge in [0.15, 0.2) is 0 Å². The number of ether oxygens (including phenoxy) is 1. The second kappa shape index (κ2) is 11.6. The van der Waals surface area contributed by atoms with E-state index >= 15 is 0 Å². The van der Waals surface area contributed by atoms with Gasteiger partial charge in [0.05, 0.1) is 0 Å². The zero-order chi connectivity index (χ0) is 27.4. The number of rotatable bonds is 9. The van der Waals surface area contributed by atoms with Crippen LogP contribution in [0, 0.1) is 11.8 Å². The third-order valence-electron chi connectivity index (χ3n) is 7.05. The van der Waals surface area contributed by atoms with Crippen molar-refractivity contribution >= 4 is 34.8 Å². The van der Waals surface area contributed by atoms with Crippen LogP contribution in [0.3, 0.4) is 0 Å². The van der Waals surface area contributed by atoms with Gasteiger partial charge in [-0.2, -0.15) is 0 Å². The summed E-state index contributed by atoms with van der Waals surface area (Å²) in [6.45, 7) is 4.02. The second-order valence-electron chi connectivity index (χ2n) is 10.1. The zero-order valence-electron chi connectivity index (χ0n) is 22.2. The van der Waals surface area contributed by atoms with E-state index in [9.17, 15) is 9.59 Å². The number of Topliss-reactive ketones (excluding diaryl/α,β-unsaturated/α-hetero) is 1. The Hall–Kier alpha value is -4.31. The van der Waals surface area contributed by atoms with E-state index in [0.717, 1.165) is 30.9 Å². The van der Waals surface area contributed by atoms with Crippen LogP contribution in [0.2, 0.25) is 0 Å². The number of carbonyl (C=O) groups excluding carboxylic acids is 2. The molecule has 1 saturated heterocycles. The molecule has 3 aromatic heterocycles. The molecule has 1 fully saturated rings. The maximum Gasteiger partial charge on any atom is 0.256 e.